The number of nitrogens with one attached hydrogen (secondary N) is 1. The lowest BCUT2D eigenvalue weighted by atomic mass is 10.2. The number of piperazine rings is 1. The van der Waals surface area contributed by atoms with E-state index in [1.54, 1.807) is 37.0 Å². The van der Waals surface area contributed by atoms with Gasteiger partial charge in [0.2, 0.25) is 0 Å². The second-order valence-electron chi connectivity index (χ2n) is 5.91. The summed E-state index contributed by atoms with van der Waals surface area (Å²) < 4.78 is 29.7. The molecule has 1 unspecified atom stereocenters. The molecule has 1 saturated heterocycles. The van der Waals surface area contributed by atoms with Crippen LogP contribution in [-0.4, -0.2) is 46.8 Å². The van der Waals surface area contributed by atoms with Gasteiger partial charge in [-0.2, -0.15) is 4.31 Å². The van der Waals surface area contributed by atoms with Crippen LogP contribution in [0.25, 0.3) is 0 Å². The maximum atomic E-state index is 13.3. The Balaban J connectivity index is 2.13. The van der Waals surface area contributed by atoms with E-state index in [0.29, 0.717) is 24.5 Å². The zero-order valence-corrected chi connectivity index (χ0v) is 14.7. The first-order valence-electron chi connectivity index (χ1n) is 7.78. The number of sulfonamides is 1. The Bertz CT molecular complexity index is 908. The molecule has 1 aliphatic heterocycles. The molecule has 1 atom stereocenters. The first-order valence-corrected chi connectivity index (χ1v) is 9.22. The first kappa shape index (κ1) is 17.5. The number of aryl methyl sites for hydroxylation is 2. The van der Waals surface area contributed by atoms with Crippen LogP contribution in [0.4, 0.5) is 5.69 Å². The van der Waals surface area contributed by atoms with E-state index in [-0.39, 0.29) is 11.4 Å². The fourth-order valence-corrected chi connectivity index (χ4v) is 5.08. The lowest BCUT2D eigenvalue weighted by Gasteiger charge is -2.34. The highest BCUT2D eigenvalue weighted by atomic mass is 32.2. The quantitative estimate of drug-likeness (QED) is 0.638. The highest BCUT2D eigenvalue weighted by Gasteiger charge is 2.40. The van der Waals surface area contributed by atoms with Gasteiger partial charge < -0.3 is 9.88 Å². The molecule has 9 nitrogen and oxygen atoms in total. The van der Waals surface area contributed by atoms with Crippen molar-refractivity contribution in [2.75, 3.05) is 19.6 Å². The number of benzene rings is 1. The second-order valence-corrected chi connectivity index (χ2v) is 7.74. The topological polar surface area (TPSA) is 110 Å². The van der Waals surface area contributed by atoms with Gasteiger partial charge in [0.1, 0.15) is 5.82 Å². The van der Waals surface area contributed by atoms with Gasteiger partial charge in [-0.05, 0) is 12.5 Å². The number of nitrogens with zero attached hydrogens (tertiary/aromatic N) is 4. The number of nitro groups is 1. The monoisotopic (exact) mass is 365 g/mol. The Morgan fingerprint density at radius 3 is 2.80 bits per heavy atom. The molecule has 0 radical (unpaired) electrons. The van der Waals surface area contributed by atoms with Crippen molar-refractivity contribution in [1.82, 2.24) is 19.2 Å². The van der Waals surface area contributed by atoms with Crippen LogP contribution in [0.3, 0.4) is 0 Å². The van der Waals surface area contributed by atoms with E-state index in [4.69, 9.17) is 0 Å². The Kier molecular flexibility index (Phi) is 4.58. The number of hydrogen-bond donors (Lipinski definition) is 1. The smallest absolute Gasteiger partial charge is 0.289 e. The summed E-state index contributed by atoms with van der Waals surface area (Å²) in [5.74, 6) is 0.590. The Morgan fingerprint density at radius 1 is 1.40 bits per heavy atom. The van der Waals surface area contributed by atoms with E-state index in [9.17, 15) is 18.5 Å². The number of hydrogen-bond acceptors (Lipinski definition) is 6. The summed E-state index contributed by atoms with van der Waals surface area (Å²) >= 11 is 0. The van der Waals surface area contributed by atoms with E-state index in [0.717, 1.165) is 0 Å². The molecule has 0 spiro atoms. The van der Waals surface area contributed by atoms with Crippen LogP contribution >= 0.6 is 0 Å². The van der Waals surface area contributed by atoms with E-state index in [1.807, 2.05) is 0 Å². The minimum Gasteiger partial charge on any atom is -0.337 e. The maximum Gasteiger partial charge on any atom is 0.289 e. The lowest BCUT2D eigenvalue weighted by molar-refractivity contribution is -0.387. The fourth-order valence-electron chi connectivity index (χ4n) is 3.13. The second kappa shape index (κ2) is 6.54. The number of nitro benzene ring substituents is 1. The van der Waals surface area contributed by atoms with Crippen molar-refractivity contribution in [1.29, 1.82) is 0 Å². The predicted octanol–water partition coefficient (Wildman–Crippen LogP) is 0.972. The van der Waals surface area contributed by atoms with E-state index in [1.165, 1.54) is 16.4 Å². The molecule has 0 bridgehead atoms. The molecule has 0 aliphatic carbocycles. The summed E-state index contributed by atoms with van der Waals surface area (Å²) in [4.78, 5) is 14.7. The van der Waals surface area contributed by atoms with Crippen LogP contribution in [0.5, 0.6) is 0 Å². The summed E-state index contributed by atoms with van der Waals surface area (Å²) in [5, 5.41) is 14.5. The van der Waals surface area contributed by atoms with Gasteiger partial charge in [-0.15, -0.1) is 0 Å². The number of rotatable bonds is 4. The molecule has 0 saturated carbocycles. The number of aromatic nitrogens is 2. The van der Waals surface area contributed by atoms with Crippen LogP contribution in [0, 0.1) is 17.0 Å². The van der Waals surface area contributed by atoms with Crippen LogP contribution < -0.4 is 5.32 Å². The first-order chi connectivity index (χ1) is 11.8. The fraction of sp³-hybridized carbons (Fsp3) is 0.400. The third-order valence-electron chi connectivity index (χ3n) is 4.31. The number of imidazole rings is 1. The van der Waals surface area contributed by atoms with E-state index in [2.05, 4.69) is 10.3 Å². The van der Waals surface area contributed by atoms with Gasteiger partial charge in [0.15, 0.2) is 4.90 Å². The van der Waals surface area contributed by atoms with Gasteiger partial charge in [0, 0.05) is 45.1 Å². The molecule has 3 rings (SSSR count). The van der Waals surface area contributed by atoms with Crippen molar-refractivity contribution < 1.29 is 13.3 Å². The third kappa shape index (κ3) is 3.03. The van der Waals surface area contributed by atoms with E-state index < -0.39 is 26.7 Å². The Morgan fingerprint density at radius 2 is 2.16 bits per heavy atom. The zero-order chi connectivity index (χ0) is 18.2. The predicted molar refractivity (Wildman–Crippen MR) is 90.5 cm³/mol. The van der Waals surface area contributed by atoms with Crippen molar-refractivity contribution >= 4 is 15.7 Å². The molecule has 1 aromatic heterocycles. The molecule has 1 aromatic carbocycles. The van der Waals surface area contributed by atoms with Crippen molar-refractivity contribution in [3.05, 3.63) is 52.1 Å². The summed E-state index contributed by atoms with van der Waals surface area (Å²) in [6.45, 7) is 2.65. The van der Waals surface area contributed by atoms with Crippen molar-refractivity contribution in [2.24, 2.45) is 7.05 Å². The van der Waals surface area contributed by atoms with Crippen LogP contribution in [-0.2, 0) is 17.1 Å². The molecule has 10 heteroatoms. The molecule has 25 heavy (non-hydrogen) atoms. The van der Waals surface area contributed by atoms with Crippen molar-refractivity contribution in [3.63, 3.8) is 0 Å². The SMILES string of the molecule is Cc1cccc([N+](=O)[O-])c1S(=O)(=O)N1CCNCC1c1nccn1C. The Labute approximate surface area is 145 Å². The van der Waals surface area contributed by atoms with Gasteiger partial charge >= 0.3 is 0 Å². The third-order valence-corrected chi connectivity index (χ3v) is 6.41. The highest BCUT2D eigenvalue weighted by Crippen LogP contribution is 2.34. The average Bonchev–Trinajstić information content (AvgIpc) is 3.00. The maximum absolute atomic E-state index is 13.3. The van der Waals surface area contributed by atoms with Crippen LogP contribution in [0.15, 0.2) is 35.5 Å². The molecule has 2 aromatic rings. The zero-order valence-electron chi connectivity index (χ0n) is 13.9. The van der Waals surface area contributed by atoms with Crippen LogP contribution in [0.2, 0.25) is 0 Å². The van der Waals surface area contributed by atoms with E-state index >= 15 is 0 Å². The van der Waals surface area contributed by atoms with Gasteiger partial charge in [0.05, 0.1) is 11.0 Å². The molecular weight excluding hydrogens is 346 g/mol. The minimum atomic E-state index is -4.06. The molecule has 1 aliphatic rings. The van der Waals surface area contributed by atoms with Gasteiger partial charge in [0.25, 0.3) is 15.7 Å². The molecule has 2 heterocycles. The lowest BCUT2D eigenvalue weighted by Crippen LogP contribution is -2.49. The summed E-state index contributed by atoms with van der Waals surface area (Å²) in [5.41, 5.74) is -0.0524. The van der Waals surface area contributed by atoms with Crippen LogP contribution in [0.1, 0.15) is 17.4 Å². The summed E-state index contributed by atoms with van der Waals surface area (Å²) in [7, 11) is -2.27. The molecule has 134 valence electrons. The summed E-state index contributed by atoms with van der Waals surface area (Å²) in [6, 6.07) is 3.74. The minimum absolute atomic E-state index is 0.214. The molecular formula is C15H19N5O4S. The normalized spacial score (nSPS) is 19.0. The van der Waals surface area contributed by atoms with Gasteiger partial charge in [-0.1, -0.05) is 12.1 Å². The largest absolute Gasteiger partial charge is 0.337 e. The Hall–Kier alpha value is -2.30. The standard InChI is InChI=1S/C15H19N5O4S/c1-11-4-3-5-12(20(21)22)14(11)25(23,24)19-9-6-16-10-13(19)15-17-7-8-18(15)2/h3-5,7-8,13,16H,6,9-10H2,1-2H3. The highest BCUT2D eigenvalue weighted by molar-refractivity contribution is 7.89. The molecule has 0 amide bonds. The van der Waals surface area contributed by atoms with Crippen molar-refractivity contribution in [2.45, 2.75) is 17.9 Å². The van der Waals surface area contributed by atoms with Gasteiger partial charge in [-0.25, -0.2) is 13.4 Å². The average molecular weight is 365 g/mol. The molecule has 1 N–H and O–H groups in total. The van der Waals surface area contributed by atoms with Gasteiger partial charge in [-0.3, -0.25) is 10.1 Å². The summed E-state index contributed by atoms with van der Waals surface area (Å²) in [6.07, 6.45) is 3.34. The van der Waals surface area contributed by atoms with Crippen molar-refractivity contribution in [3.8, 4) is 0 Å². The molecule has 1 fully saturated rings.